The molecule has 0 aliphatic heterocycles. The molecule has 15 heavy (non-hydrogen) atoms. The number of thioether (sulfide) groups is 1. The summed E-state index contributed by atoms with van der Waals surface area (Å²) in [6.07, 6.45) is -0.445. The van der Waals surface area contributed by atoms with Crippen molar-refractivity contribution >= 4 is 23.0 Å². The fourth-order valence-electron chi connectivity index (χ4n) is 0.793. The van der Waals surface area contributed by atoms with Crippen molar-refractivity contribution in [1.29, 1.82) is 0 Å². The van der Waals surface area contributed by atoms with Gasteiger partial charge >= 0.3 is 6.09 Å². The lowest BCUT2D eigenvalue weighted by molar-refractivity contribution is -0.109. The summed E-state index contributed by atoms with van der Waals surface area (Å²) in [5, 5.41) is 2.71. The number of amides is 1. The third-order valence-electron chi connectivity index (χ3n) is 1.30. The zero-order valence-corrected chi connectivity index (χ0v) is 10.7. The van der Waals surface area contributed by atoms with Gasteiger partial charge in [0, 0.05) is 18.7 Å². The Balaban J connectivity index is 3.81. The highest BCUT2D eigenvalue weighted by molar-refractivity contribution is 8.13. The Labute approximate surface area is 95.1 Å². The molecule has 1 N–H and O–H groups in total. The molecule has 5 heteroatoms. The molecular weight excluding hydrogens is 214 g/mol. The molecule has 0 heterocycles. The molecule has 0 aromatic rings. The predicted molar refractivity (Wildman–Crippen MR) is 62.0 cm³/mol. The minimum absolute atomic E-state index is 0.0489. The highest BCUT2D eigenvalue weighted by Gasteiger charge is 2.17. The topological polar surface area (TPSA) is 55.4 Å². The first-order chi connectivity index (χ1) is 6.70. The van der Waals surface area contributed by atoms with Crippen molar-refractivity contribution in [2.24, 2.45) is 0 Å². The van der Waals surface area contributed by atoms with Crippen LogP contribution in [-0.4, -0.2) is 28.6 Å². The minimum atomic E-state index is -0.489. The van der Waals surface area contributed by atoms with Gasteiger partial charge in [-0.2, -0.15) is 0 Å². The summed E-state index contributed by atoms with van der Waals surface area (Å²) in [6, 6.07) is -0.0752. The second-order valence-corrected chi connectivity index (χ2v) is 5.55. The van der Waals surface area contributed by atoms with Crippen LogP contribution in [-0.2, 0) is 9.53 Å². The Morgan fingerprint density at radius 3 is 2.33 bits per heavy atom. The smallest absolute Gasteiger partial charge is 0.407 e. The van der Waals surface area contributed by atoms with Crippen LogP contribution < -0.4 is 5.32 Å². The molecule has 0 fully saturated rings. The number of nitrogens with one attached hydrogen (secondary N) is 1. The van der Waals surface area contributed by atoms with E-state index in [-0.39, 0.29) is 11.2 Å². The number of carbonyl (C=O) groups excluding carboxylic acids is 2. The minimum Gasteiger partial charge on any atom is -0.444 e. The summed E-state index contributed by atoms with van der Waals surface area (Å²) >= 11 is 1.19. The average Bonchev–Trinajstić information content (AvgIpc) is 1.96. The molecule has 1 amide bonds. The van der Waals surface area contributed by atoms with E-state index in [2.05, 4.69) is 5.32 Å². The molecule has 4 nitrogen and oxygen atoms in total. The van der Waals surface area contributed by atoms with Crippen molar-refractivity contribution in [1.82, 2.24) is 5.32 Å². The number of ether oxygens (including phenoxy) is 1. The van der Waals surface area contributed by atoms with Gasteiger partial charge in [-0.15, -0.1) is 0 Å². The molecule has 0 saturated carbocycles. The van der Waals surface area contributed by atoms with Crippen LogP contribution in [0, 0.1) is 0 Å². The SMILES string of the molecule is CC(=O)SC[C@@H](C)NC(=O)OC(C)(C)C. The number of carbonyl (C=O) groups is 2. The van der Waals surface area contributed by atoms with Gasteiger partial charge in [0.05, 0.1) is 0 Å². The second kappa shape index (κ2) is 6.00. The van der Waals surface area contributed by atoms with Crippen molar-refractivity contribution in [3.8, 4) is 0 Å². The van der Waals surface area contributed by atoms with Crippen LogP contribution in [0.4, 0.5) is 4.79 Å². The Hall–Kier alpha value is -0.710. The number of alkyl carbamates (subject to hydrolysis) is 1. The maximum absolute atomic E-state index is 11.3. The first kappa shape index (κ1) is 14.3. The molecule has 0 saturated heterocycles. The van der Waals surface area contributed by atoms with Crippen LogP contribution in [0.1, 0.15) is 34.6 Å². The zero-order valence-electron chi connectivity index (χ0n) is 9.92. The van der Waals surface area contributed by atoms with Crippen molar-refractivity contribution < 1.29 is 14.3 Å². The second-order valence-electron chi connectivity index (χ2n) is 4.35. The van der Waals surface area contributed by atoms with Gasteiger partial charge in [0.25, 0.3) is 0 Å². The van der Waals surface area contributed by atoms with Gasteiger partial charge in [0.15, 0.2) is 5.12 Å². The van der Waals surface area contributed by atoms with Crippen LogP contribution >= 0.6 is 11.8 Å². The summed E-state index contributed by atoms with van der Waals surface area (Å²) < 4.78 is 5.07. The molecule has 0 radical (unpaired) electrons. The van der Waals surface area contributed by atoms with Gasteiger partial charge in [0.1, 0.15) is 5.60 Å². The van der Waals surface area contributed by atoms with Crippen LogP contribution in [0.3, 0.4) is 0 Å². The molecule has 0 aliphatic carbocycles. The van der Waals surface area contributed by atoms with E-state index >= 15 is 0 Å². The van der Waals surface area contributed by atoms with E-state index in [0.29, 0.717) is 5.75 Å². The molecule has 0 spiro atoms. The lowest BCUT2D eigenvalue weighted by Gasteiger charge is -2.21. The van der Waals surface area contributed by atoms with E-state index in [4.69, 9.17) is 4.74 Å². The quantitative estimate of drug-likeness (QED) is 0.811. The van der Waals surface area contributed by atoms with Crippen LogP contribution in [0.5, 0.6) is 0 Å². The molecule has 0 aromatic heterocycles. The zero-order chi connectivity index (χ0) is 12.1. The van der Waals surface area contributed by atoms with Gasteiger partial charge in [-0.05, 0) is 27.7 Å². The maximum Gasteiger partial charge on any atom is 0.407 e. The average molecular weight is 233 g/mol. The third kappa shape index (κ3) is 9.59. The molecule has 88 valence electrons. The molecule has 0 rings (SSSR count). The summed E-state index contributed by atoms with van der Waals surface area (Å²) in [5.41, 5.74) is -0.489. The van der Waals surface area contributed by atoms with Crippen molar-refractivity contribution in [2.45, 2.75) is 46.3 Å². The van der Waals surface area contributed by atoms with Crippen molar-refractivity contribution in [3.05, 3.63) is 0 Å². The molecular formula is C10H19NO3S. The maximum atomic E-state index is 11.3. The molecule has 0 aliphatic rings. The molecule has 1 atom stereocenters. The van der Waals surface area contributed by atoms with Crippen LogP contribution in [0.15, 0.2) is 0 Å². The predicted octanol–water partition coefficient (Wildman–Crippen LogP) is 2.18. The summed E-state index contributed by atoms with van der Waals surface area (Å²) in [4.78, 5) is 22.0. The van der Waals surface area contributed by atoms with Crippen LogP contribution in [0.25, 0.3) is 0 Å². The normalized spacial score (nSPS) is 13.1. The lowest BCUT2D eigenvalue weighted by atomic mass is 10.2. The first-order valence-corrected chi connectivity index (χ1v) is 5.82. The highest BCUT2D eigenvalue weighted by atomic mass is 32.2. The van der Waals surface area contributed by atoms with Gasteiger partial charge in [-0.1, -0.05) is 11.8 Å². The lowest BCUT2D eigenvalue weighted by Crippen LogP contribution is -2.38. The van der Waals surface area contributed by atoms with Gasteiger partial charge in [0.2, 0.25) is 0 Å². The third-order valence-corrected chi connectivity index (χ3v) is 2.37. The monoisotopic (exact) mass is 233 g/mol. The summed E-state index contributed by atoms with van der Waals surface area (Å²) in [6.45, 7) is 8.76. The first-order valence-electron chi connectivity index (χ1n) is 4.83. The van der Waals surface area contributed by atoms with E-state index in [1.165, 1.54) is 18.7 Å². The Bertz CT molecular complexity index is 235. The Morgan fingerprint density at radius 1 is 1.40 bits per heavy atom. The number of rotatable bonds is 3. The summed E-state index contributed by atoms with van der Waals surface area (Å²) in [7, 11) is 0. The van der Waals surface area contributed by atoms with E-state index in [1.54, 1.807) is 0 Å². The van der Waals surface area contributed by atoms with Gasteiger partial charge in [-0.25, -0.2) is 4.79 Å². The Morgan fingerprint density at radius 2 is 1.93 bits per heavy atom. The van der Waals surface area contributed by atoms with E-state index < -0.39 is 11.7 Å². The fraction of sp³-hybridized carbons (Fsp3) is 0.800. The molecule has 0 aromatic carbocycles. The summed E-state index contributed by atoms with van der Waals surface area (Å²) in [5.74, 6) is 0.564. The molecule has 0 unspecified atom stereocenters. The van der Waals surface area contributed by atoms with E-state index in [9.17, 15) is 9.59 Å². The van der Waals surface area contributed by atoms with Gasteiger partial charge in [-0.3, -0.25) is 4.79 Å². The number of hydrogen-bond acceptors (Lipinski definition) is 4. The van der Waals surface area contributed by atoms with Crippen molar-refractivity contribution in [2.75, 3.05) is 5.75 Å². The molecule has 0 bridgehead atoms. The Kier molecular flexibility index (Phi) is 5.72. The largest absolute Gasteiger partial charge is 0.444 e. The number of hydrogen-bond donors (Lipinski definition) is 1. The van der Waals surface area contributed by atoms with Crippen molar-refractivity contribution in [3.63, 3.8) is 0 Å². The standard InChI is InChI=1S/C10H19NO3S/c1-7(6-15-8(2)12)11-9(13)14-10(3,4)5/h7H,6H2,1-5H3,(H,11,13)/t7-/m1/s1. The van der Waals surface area contributed by atoms with Gasteiger partial charge < -0.3 is 10.1 Å². The van der Waals surface area contributed by atoms with E-state index in [1.807, 2.05) is 27.7 Å². The fourth-order valence-corrected chi connectivity index (χ4v) is 1.36. The highest BCUT2D eigenvalue weighted by Crippen LogP contribution is 2.08. The van der Waals surface area contributed by atoms with E-state index in [0.717, 1.165) is 0 Å². The van der Waals surface area contributed by atoms with Crippen LogP contribution in [0.2, 0.25) is 0 Å².